The zero-order valence-corrected chi connectivity index (χ0v) is 9.89. The molecule has 1 aromatic rings. The fourth-order valence-electron chi connectivity index (χ4n) is 2.15. The summed E-state index contributed by atoms with van der Waals surface area (Å²) in [6, 6.07) is 8.16. The molecule has 3 nitrogen and oxygen atoms in total. The maximum atomic E-state index is 9.52. The Morgan fingerprint density at radius 1 is 1.35 bits per heavy atom. The van der Waals surface area contributed by atoms with E-state index >= 15 is 0 Å². The summed E-state index contributed by atoms with van der Waals surface area (Å²) in [5.41, 5.74) is 2.25. The number of anilines is 2. The number of nitrogens with one attached hydrogen (secondary N) is 1. The number of benzene rings is 1. The van der Waals surface area contributed by atoms with Gasteiger partial charge in [0, 0.05) is 13.1 Å². The Labute approximate surface area is 102 Å². The second-order valence-corrected chi connectivity index (χ2v) is 4.29. The predicted molar refractivity (Wildman–Crippen MR) is 71.2 cm³/mol. The molecule has 1 aliphatic heterocycles. The largest absolute Gasteiger partial charge is 0.393 e. The van der Waals surface area contributed by atoms with Crippen LogP contribution >= 0.6 is 0 Å². The molecule has 1 fully saturated rings. The number of rotatable bonds is 3. The zero-order chi connectivity index (χ0) is 12.1. The van der Waals surface area contributed by atoms with Crippen molar-refractivity contribution in [1.82, 2.24) is 0 Å². The van der Waals surface area contributed by atoms with Gasteiger partial charge in [0.2, 0.25) is 0 Å². The van der Waals surface area contributed by atoms with Crippen molar-refractivity contribution in [2.75, 3.05) is 29.9 Å². The molecule has 1 saturated heterocycles. The average molecular weight is 230 g/mol. The number of para-hydroxylation sites is 2. The minimum atomic E-state index is -0.142. The van der Waals surface area contributed by atoms with Gasteiger partial charge in [0.1, 0.15) is 0 Å². The Kier molecular flexibility index (Phi) is 3.89. The van der Waals surface area contributed by atoms with Gasteiger partial charge in [-0.2, -0.15) is 0 Å². The van der Waals surface area contributed by atoms with E-state index in [1.54, 1.807) is 0 Å². The fraction of sp³-hybridized carbons (Fsp3) is 0.429. The summed E-state index contributed by atoms with van der Waals surface area (Å²) < 4.78 is 0. The van der Waals surface area contributed by atoms with Crippen LogP contribution in [0.1, 0.15) is 12.8 Å². The van der Waals surface area contributed by atoms with Crippen molar-refractivity contribution in [3.63, 3.8) is 0 Å². The Morgan fingerprint density at radius 2 is 2.06 bits per heavy atom. The normalized spacial score (nSPS) is 16.6. The molecule has 0 unspecified atom stereocenters. The molecule has 0 atom stereocenters. The van der Waals surface area contributed by atoms with Crippen molar-refractivity contribution in [3.05, 3.63) is 24.3 Å². The molecular formula is C14H18N2O. The highest BCUT2D eigenvalue weighted by Gasteiger charge is 2.18. The third-order valence-electron chi connectivity index (χ3n) is 3.09. The van der Waals surface area contributed by atoms with E-state index in [4.69, 9.17) is 6.42 Å². The molecule has 0 aliphatic carbocycles. The van der Waals surface area contributed by atoms with Crippen LogP contribution in [0.5, 0.6) is 0 Å². The minimum Gasteiger partial charge on any atom is -0.393 e. The minimum absolute atomic E-state index is 0.142. The lowest BCUT2D eigenvalue weighted by Gasteiger charge is -2.32. The van der Waals surface area contributed by atoms with Crippen LogP contribution in [0.4, 0.5) is 11.4 Å². The summed E-state index contributed by atoms with van der Waals surface area (Å²) in [6.07, 6.45) is 6.80. The lowest BCUT2D eigenvalue weighted by atomic mass is 10.1. The van der Waals surface area contributed by atoms with Crippen LogP contribution in [0.3, 0.4) is 0 Å². The van der Waals surface area contributed by atoms with E-state index < -0.39 is 0 Å². The van der Waals surface area contributed by atoms with E-state index in [2.05, 4.69) is 22.2 Å². The van der Waals surface area contributed by atoms with Crippen LogP contribution in [-0.4, -0.2) is 30.8 Å². The highest BCUT2D eigenvalue weighted by atomic mass is 16.3. The highest BCUT2D eigenvalue weighted by molar-refractivity contribution is 5.70. The van der Waals surface area contributed by atoms with Crippen LogP contribution in [0, 0.1) is 12.3 Å². The standard InChI is InChI=1S/C14H18N2O/c1-2-9-15-13-5-3-4-6-14(13)16-10-7-12(17)8-11-16/h1,3-6,12,15,17H,7-11H2. The van der Waals surface area contributed by atoms with E-state index in [1.807, 2.05) is 18.2 Å². The number of hydrogen-bond donors (Lipinski definition) is 2. The van der Waals surface area contributed by atoms with Crippen molar-refractivity contribution in [3.8, 4) is 12.3 Å². The molecule has 0 amide bonds. The van der Waals surface area contributed by atoms with Gasteiger partial charge in [-0.25, -0.2) is 0 Å². The summed E-state index contributed by atoms with van der Waals surface area (Å²) in [4.78, 5) is 2.30. The molecule has 1 aliphatic rings. The van der Waals surface area contributed by atoms with Crippen molar-refractivity contribution in [2.24, 2.45) is 0 Å². The van der Waals surface area contributed by atoms with Crippen LogP contribution in [0.2, 0.25) is 0 Å². The van der Waals surface area contributed by atoms with Gasteiger partial charge >= 0.3 is 0 Å². The summed E-state index contributed by atoms with van der Waals surface area (Å²) in [6.45, 7) is 2.33. The fourth-order valence-corrected chi connectivity index (χ4v) is 2.15. The van der Waals surface area contributed by atoms with Crippen molar-refractivity contribution >= 4 is 11.4 Å². The molecule has 0 bridgehead atoms. The van der Waals surface area contributed by atoms with Crippen molar-refractivity contribution in [1.29, 1.82) is 0 Å². The number of hydrogen-bond acceptors (Lipinski definition) is 3. The monoisotopic (exact) mass is 230 g/mol. The number of terminal acetylenes is 1. The molecule has 0 saturated carbocycles. The van der Waals surface area contributed by atoms with Crippen LogP contribution in [-0.2, 0) is 0 Å². The molecule has 2 N–H and O–H groups in total. The Bertz CT molecular complexity index is 403. The maximum Gasteiger partial charge on any atom is 0.0764 e. The lowest BCUT2D eigenvalue weighted by Crippen LogP contribution is -2.36. The average Bonchev–Trinajstić information content (AvgIpc) is 2.38. The summed E-state index contributed by atoms with van der Waals surface area (Å²) in [5.74, 6) is 2.58. The number of piperidine rings is 1. The number of nitrogens with zero attached hydrogens (tertiary/aromatic N) is 1. The molecule has 17 heavy (non-hydrogen) atoms. The van der Waals surface area contributed by atoms with Crippen molar-refractivity contribution < 1.29 is 5.11 Å². The van der Waals surface area contributed by atoms with Crippen LogP contribution in [0.15, 0.2) is 24.3 Å². The topological polar surface area (TPSA) is 35.5 Å². The number of aliphatic hydroxyl groups is 1. The van der Waals surface area contributed by atoms with Gasteiger partial charge in [-0.1, -0.05) is 18.1 Å². The third-order valence-corrected chi connectivity index (χ3v) is 3.09. The van der Waals surface area contributed by atoms with E-state index in [9.17, 15) is 5.11 Å². The second kappa shape index (κ2) is 5.60. The first-order chi connectivity index (χ1) is 8.31. The summed E-state index contributed by atoms with van der Waals surface area (Å²) >= 11 is 0. The van der Waals surface area contributed by atoms with Gasteiger partial charge in [-0.3, -0.25) is 0 Å². The van der Waals surface area contributed by atoms with E-state index in [0.29, 0.717) is 6.54 Å². The predicted octanol–water partition coefficient (Wildman–Crippen LogP) is 1.69. The molecule has 0 radical (unpaired) electrons. The van der Waals surface area contributed by atoms with Crippen LogP contribution in [0.25, 0.3) is 0 Å². The van der Waals surface area contributed by atoms with Gasteiger partial charge in [0.15, 0.2) is 0 Å². The first-order valence-electron chi connectivity index (χ1n) is 6.00. The summed E-state index contributed by atoms with van der Waals surface area (Å²) in [7, 11) is 0. The smallest absolute Gasteiger partial charge is 0.0764 e. The Morgan fingerprint density at radius 3 is 2.76 bits per heavy atom. The van der Waals surface area contributed by atoms with Crippen molar-refractivity contribution in [2.45, 2.75) is 18.9 Å². The van der Waals surface area contributed by atoms with E-state index in [-0.39, 0.29) is 6.10 Å². The highest BCUT2D eigenvalue weighted by Crippen LogP contribution is 2.27. The Hall–Kier alpha value is -1.66. The lowest BCUT2D eigenvalue weighted by molar-refractivity contribution is 0.145. The van der Waals surface area contributed by atoms with E-state index in [1.165, 1.54) is 5.69 Å². The second-order valence-electron chi connectivity index (χ2n) is 4.29. The molecule has 90 valence electrons. The summed E-state index contributed by atoms with van der Waals surface area (Å²) in [5, 5.41) is 12.7. The molecule has 0 spiro atoms. The van der Waals surface area contributed by atoms with Gasteiger partial charge in [-0.15, -0.1) is 6.42 Å². The van der Waals surface area contributed by atoms with Gasteiger partial charge in [-0.05, 0) is 25.0 Å². The molecule has 3 heteroatoms. The maximum absolute atomic E-state index is 9.52. The molecule has 2 rings (SSSR count). The zero-order valence-electron chi connectivity index (χ0n) is 9.89. The van der Waals surface area contributed by atoms with Crippen LogP contribution < -0.4 is 10.2 Å². The Balaban J connectivity index is 2.11. The third kappa shape index (κ3) is 2.92. The van der Waals surface area contributed by atoms with Gasteiger partial charge in [0.25, 0.3) is 0 Å². The first-order valence-corrected chi connectivity index (χ1v) is 6.00. The molecular weight excluding hydrogens is 212 g/mol. The molecule has 1 aromatic carbocycles. The number of aliphatic hydroxyl groups excluding tert-OH is 1. The molecule has 1 heterocycles. The quantitative estimate of drug-likeness (QED) is 0.776. The van der Waals surface area contributed by atoms with Gasteiger partial charge < -0.3 is 15.3 Å². The SMILES string of the molecule is C#CCNc1ccccc1N1CCC(O)CC1. The first kappa shape index (κ1) is 11.8. The van der Waals surface area contributed by atoms with E-state index in [0.717, 1.165) is 31.6 Å². The molecule has 0 aromatic heterocycles. The van der Waals surface area contributed by atoms with Gasteiger partial charge in [0.05, 0.1) is 24.0 Å².